The number of amides is 1. The molecule has 0 bridgehead atoms. The third-order valence-electron chi connectivity index (χ3n) is 5.43. The van der Waals surface area contributed by atoms with E-state index in [1.54, 1.807) is 42.0 Å². The van der Waals surface area contributed by atoms with Crippen LogP contribution < -0.4 is 5.32 Å². The van der Waals surface area contributed by atoms with Crippen LogP contribution >= 0.6 is 0 Å². The topological polar surface area (TPSA) is 60.3 Å². The molecule has 0 aliphatic carbocycles. The smallest absolute Gasteiger partial charge is 0.357 e. The van der Waals surface area contributed by atoms with E-state index < -0.39 is 11.8 Å². The van der Waals surface area contributed by atoms with Gasteiger partial charge in [0.2, 0.25) is 0 Å². The van der Waals surface area contributed by atoms with Crippen LogP contribution in [0.5, 0.6) is 0 Å². The van der Waals surface area contributed by atoms with Gasteiger partial charge in [0.05, 0.1) is 12.3 Å². The zero-order valence-electron chi connectivity index (χ0n) is 19.0. The van der Waals surface area contributed by atoms with Gasteiger partial charge in [-0.25, -0.2) is 9.18 Å². The normalized spacial score (nSPS) is 10.7. The highest BCUT2D eigenvalue weighted by Crippen LogP contribution is 2.35. The second-order valence-electron chi connectivity index (χ2n) is 7.93. The number of halogens is 1. The first kappa shape index (κ1) is 23.0. The average molecular weight is 457 g/mol. The summed E-state index contributed by atoms with van der Waals surface area (Å²) in [6.07, 6.45) is 1.75. The number of aryl methyl sites for hydroxylation is 1. The molecule has 0 saturated carbocycles. The quantitative estimate of drug-likeness (QED) is 0.343. The lowest BCUT2D eigenvalue weighted by Crippen LogP contribution is -2.18. The fraction of sp³-hybridized carbons (Fsp3) is 0.143. The van der Waals surface area contributed by atoms with Crippen molar-refractivity contribution < 1.29 is 18.7 Å². The number of rotatable bonds is 7. The largest absolute Gasteiger partial charge is 0.461 e. The van der Waals surface area contributed by atoms with Gasteiger partial charge in [0, 0.05) is 23.9 Å². The van der Waals surface area contributed by atoms with Gasteiger partial charge in [-0.15, -0.1) is 0 Å². The summed E-state index contributed by atoms with van der Waals surface area (Å²) in [5, 5.41) is 2.90. The predicted octanol–water partition coefficient (Wildman–Crippen LogP) is 6.08. The minimum absolute atomic E-state index is 0.177. The molecule has 3 aromatic carbocycles. The van der Waals surface area contributed by atoms with E-state index in [0.717, 1.165) is 11.1 Å². The number of carbonyl (C=O) groups excluding carboxylic acids is 2. The van der Waals surface area contributed by atoms with Crippen LogP contribution in [0.4, 0.5) is 10.1 Å². The predicted molar refractivity (Wildman–Crippen MR) is 130 cm³/mol. The summed E-state index contributed by atoms with van der Waals surface area (Å²) < 4.78 is 21.2. The highest BCUT2D eigenvalue weighted by atomic mass is 19.1. The van der Waals surface area contributed by atoms with Gasteiger partial charge in [-0.05, 0) is 49.2 Å². The number of nitrogens with one attached hydrogen (secondary N) is 1. The Balaban J connectivity index is 1.86. The first-order valence-corrected chi connectivity index (χ1v) is 11.0. The minimum atomic E-state index is -0.569. The molecule has 0 saturated heterocycles. The minimum Gasteiger partial charge on any atom is -0.461 e. The van der Waals surface area contributed by atoms with Crippen LogP contribution in [0.15, 0.2) is 85.1 Å². The molecule has 0 aliphatic heterocycles. The van der Waals surface area contributed by atoms with Crippen molar-refractivity contribution in [3.63, 3.8) is 0 Å². The number of aromatic nitrogens is 1. The standard InChI is InChI=1S/C28H25FN2O3/c1-3-34-28(33)26-25(30-27(32)21-14-12-19(2)13-15-21)24(22-10-7-11-23(29)16-22)18-31(26)17-20-8-5-4-6-9-20/h4-16,18H,3,17H2,1-2H3,(H,30,32). The molecular weight excluding hydrogens is 431 g/mol. The highest BCUT2D eigenvalue weighted by molar-refractivity contribution is 6.10. The molecule has 0 aliphatic rings. The zero-order chi connectivity index (χ0) is 24.1. The van der Waals surface area contributed by atoms with Gasteiger partial charge >= 0.3 is 5.97 Å². The number of benzene rings is 3. The number of esters is 1. The summed E-state index contributed by atoms with van der Waals surface area (Å²) in [7, 11) is 0. The lowest BCUT2D eigenvalue weighted by Gasteiger charge is -2.12. The molecule has 0 spiro atoms. The van der Waals surface area contributed by atoms with Gasteiger partial charge in [-0.1, -0.05) is 60.2 Å². The molecule has 0 unspecified atom stereocenters. The van der Waals surface area contributed by atoms with Gasteiger partial charge in [-0.3, -0.25) is 4.79 Å². The molecule has 5 nitrogen and oxygen atoms in total. The first-order valence-electron chi connectivity index (χ1n) is 11.0. The van der Waals surface area contributed by atoms with Crippen molar-refractivity contribution in [2.24, 2.45) is 0 Å². The van der Waals surface area contributed by atoms with Crippen LogP contribution in [0.2, 0.25) is 0 Å². The van der Waals surface area contributed by atoms with Gasteiger partial charge in [0.1, 0.15) is 5.82 Å². The molecule has 0 atom stereocenters. The fourth-order valence-electron chi connectivity index (χ4n) is 3.77. The van der Waals surface area contributed by atoms with E-state index in [-0.39, 0.29) is 23.9 Å². The van der Waals surface area contributed by atoms with E-state index in [0.29, 0.717) is 23.2 Å². The van der Waals surface area contributed by atoms with E-state index in [1.807, 2.05) is 49.4 Å². The van der Waals surface area contributed by atoms with Crippen molar-refractivity contribution in [3.05, 3.63) is 113 Å². The third-order valence-corrected chi connectivity index (χ3v) is 5.43. The second-order valence-corrected chi connectivity index (χ2v) is 7.93. The molecule has 4 aromatic rings. The SMILES string of the molecule is CCOC(=O)c1c(NC(=O)c2ccc(C)cc2)c(-c2cccc(F)c2)cn1Cc1ccccc1. The number of hydrogen-bond donors (Lipinski definition) is 1. The van der Waals surface area contributed by atoms with E-state index in [1.165, 1.54) is 12.1 Å². The third kappa shape index (κ3) is 5.07. The van der Waals surface area contributed by atoms with Crippen LogP contribution in [0.25, 0.3) is 11.1 Å². The second kappa shape index (κ2) is 10.2. The lowest BCUT2D eigenvalue weighted by atomic mass is 10.1. The summed E-state index contributed by atoms with van der Waals surface area (Å²) in [5.74, 6) is -1.36. The van der Waals surface area contributed by atoms with Crippen LogP contribution in [-0.4, -0.2) is 23.1 Å². The molecule has 1 aromatic heterocycles. The van der Waals surface area contributed by atoms with E-state index in [2.05, 4.69) is 5.32 Å². The Labute approximate surface area is 197 Å². The van der Waals surface area contributed by atoms with Crippen LogP contribution in [0.3, 0.4) is 0 Å². The summed E-state index contributed by atoms with van der Waals surface area (Å²) in [6, 6.07) is 22.8. The van der Waals surface area contributed by atoms with E-state index >= 15 is 0 Å². The fourth-order valence-corrected chi connectivity index (χ4v) is 3.77. The Morgan fingerprint density at radius 1 is 0.971 bits per heavy atom. The molecule has 34 heavy (non-hydrogen) atoms. The van der Waals surface area contributed by atoms with Crippen molar-refractivity contribution in [3.8, 4) is 11.1 Å². The van der Waals surface area contributed by atoms with Gasteiger partial charge in [0.25, 0.3) is 5.91 Å². The Hall–Kier alpha value is -4.19. The molecule has 6 heteroatoms. The molecule has 1 heterocycles. The van der Waals surface area contributed by atoms with Crippen molar-refractivity contribution in [2.75, 3.05) is 11.9 Å². The Morgan fingerprint density at radius 2 is 1.71 bits per heavy atom. The molecule has 0 radical (unpaired) electrons. The molecule has 0 fully saturated rings. The van der Waals surface area contributed by atoms with Crippen LogP contribution in [0.1, 0.15) is 38.9 Å². The monoisotopic (exact) mass is 456 g/mol. The summed E-state index contributed by atoms with van der Waals surface area (Å²) in [4.78, 5) is 26.2. The van der Waals surface area contributed by atoms with Crippen LogP contribution in [-0.2, 0) is 11.3 Å². The van der Waals surface area contributed by atoms with Crippen molar-refractivity contribution in [1.29, 1.82) is 0 Å². The van der Waals surface area contributed by atoms with Gasteiger partial charge in [0.15, 0.2) is 5.69 Å². The Morgan fingerprint density at radius 3 is 2.38 bits per heavy atom. The lowest BCUT2D eigenvalue weighted by molar-refractivity contribution is 0.0515. The molecule has 1 N–H and O–H groups in total. The summed E-state index contributed by atoms with van der Waals surface area (Å²) in [5.41, 5.74) is 3.98. The molecule has 1 amide bonds. The highest BCUT2D eigenvalue weighted by Gasteiger charge is 2.26. The maximum Gasteiger partial charge on any atom is 0.357 e. The maximum absolute atomic E-state index is 14.1. The summed E-state index contributed by atoms with van der Waals surface area (Å²) in [6.45, 7) is 4.21. The van der Waals surface area contributed by atoms with E-state index in [4.69, 9.17) is 4.74 Å². The summed E-state index contributed by atoms with van der Waals surface area (Å²) >= 11 is 0. The molecule has 4 rings (SSSR count). The Kier molecular flexibility index (Phi) is 6.87. The number of nitrogens with zero attached hydrogens (tertiary/aromatic N) is 1. The van der Waals surface area contributed by atoms with Crippen molar-refractivity contribution >= 4 is 17.6 Å². The van der Waals surface area contributed by atoms with Crippen molar-refractivity contribution in [1.82, 2.24) is 4.57 Å². The molecular formula is C28H25FN2O3. The number of hydrogen-bond acceptors (Lipinski definition) is 3. The Bertz CT molecular complexity index is 1310. The number of anilines is 1. The maximum atomic E-state index is 14.1. The van der Waals surface area contributed by atoms with Gasteiger partial charge in [-0.2, -0.15) is 0 Å². The van der Waals surface area contributed by atoms with E-state index in [9.17, 15) is 14.0 Å². The first-order chi connectivity index (χ1) is 16.5. The van der Waals surface area contributed by atoms with Crippen LogP contribution in [0, 0.1) is 12.7 Å². The average Bonchev–Trinajstić information content (AvgIpc) is 3.18. The van der Waals surface area contributed by atoms with Crippen molar-refractivity contribution in [2.45, 2.75) is 20.4 Å². The zero-order valence-corrected chi connectivity index (χ0v) is 19.0. The molecule has 172 valence electrons. The number of ether oxygens (including phenoxy) is 1. The van der Waals surface area contributed by atoms with Gasteiger partial charge < -0.3 is 14.6 Å². The number of carbonyl (C=O) groups is 2.